The van der Waals surface area contributed by atoms with Crippen LogP contribution in [0, 0.1) is 0 Å². The van der Waals surface area contributed by atoms with E-state index in [2.05, 4.69) is 31.1 Å². The van der Waals surface area contributed by atoms with E-state index in [9.17, 15) is 0 Å². The zero-order valence-electron chi connectivity index (χ0n) is 13.1. The van der Waals surface area contributed by atoms with Gasteiger partial charge in [-0.15, -0.1) is 11.3 Å². The van der Waals surface area contributed by atoms with Crippen molar-refractivity contribution in [3.05, 3.63) is 16.6 Å². The first kappa shape index (κ1) is 16.7. The van der Waals surface area contributed by atoms with Crippen LogP contribution in [0.3, 0.4) is 0 Å². The van der Waals surface area contributed by atoms with Crippen molar-refractivity contribution in [2.24, 2.45) is 0 Å². The highest BCUT2D eigenvalue weighted by molar-refractivity contribution is 7.07. The van der Waals surface area contributed by atoms with E-state index in [1.807, 2.05) is 5.51 Å². The van der Waals surface area contributed by atoms with Crippen LogP contribution in [0.2, 0.25) is 0 Å². The number of aromatic nitrogens is 1. The van der Waals surface area contributed by atoms with Gasteiger partial charge in [0.25, 0.3) is 0 Å². The average molecular weight is 282 g/mol. The van der Waals surface area contributed by atoms with E-state index in [-0.39, 0.29) is 0 Å². The largest absolute Gasteiger partial charge is 0.249 e. The molecule has 0 fully saturated rings. The normalized spacial score (nSPS) is 11.9. The summed E-state index contributed by atoms with van der Waals surface area (Å²) in [6.07, 6.45) is 13.5. The Hall–Kier alpha value is -0.370. The van der Waals surface area contributed by atoms with Gasteiger partial charge in [0.15, 0.2) is 0 Å². The summed E-state index contributed by atoms with van der Waals surface area (Å²) in [7, 11) is 0. The van der Waals surface area contributed by atoms with Crippen molar-refractivity contribution in [2.75, 3.05) is 0 Å². The van der Waals surface area contributed by atoms with E-state index in [0.717, 1.165) is 0 Å². The van der Waals surface area contributed by atoms with Gasteiger partial charge in [0.2, 0.25) is 0 Å². The summed E-state index contributed by atoms with van der Waals surface area (Å²) >= 11 is 1.74. The number of nitrogens with zero attached hydrogens (tertiary/aromatic N) is 1. The van der Waals surface area contributed by atoms with Gasteiger partial charge >= 0.3 is 0 Å². The van der Waals surface area contributed by atoms with Crippen molar-refractivity contribution in [2.45, 2.75) is 90.4 Å². The van der Waals surface area contributed by atoms with Crippen LogP contribution in [-0.4, -0.2) is 4.98 Å². The van der Waals surface area contributed by atoms with Gasteiger partial charge < -0.3 is 0 Å². The van der Waals surface area contributed by atoms with Crippen molar-refractivity contribution in [3.8, 4) is 0 Å². The topological polar surface area (TPSA) is 12.9 Å². The second kappa shape index (κ2) is 9.52. The average Bonchev–Trinajstić information content (AvgIpc) is 2.95. The van der Waals surface area contributed by atoms with Crippen LogP contribution in [0.5, 0.6) is 0 Å². The van der Waals surface area contributed by atoms with E-state index in [1.165, 1.54) is 69.9 Å². The minimum Gasteiger partial charge on any atom is -0.249 e. The Bertz CT molecular complexity index is 293. The van der Waals surface area contributed by atoms with Crippen LogP contribution >= 0.6 is 11.3 Å². The lowest BCUT2D eigenvalue weighted by molar-refractivity contribution is 0.357. The summed E-state index contributed by atoms with van der Waals surface area (Å²) in [4.78, 5) is 4.60. The Kier molecular flexibility index (Phi) is 8.36. The van der Waals surface area contributed by atoms with Gasteiger partial charge in [-0.3, -0.25) is 0 Å². The quantitative estimate of drug-likeness (QED) is 0.431. The van der Waals surface area contributed by atoms with Gasteiger partial charge in [-0.1, -0.05) is 72.1 Å². The lowest BCUT2D eigenvalue weighted by atomic mass is 9.77. The van der Waals surface area contributed by atoms with E-state index in [1.54, 1.807) is 11.3 Å². The molecule has 0 saturated heterocycles. The highest BCUT2D eigenvalue weighted by Gasteiger charge is 2.27. The van der Waals surface area contributed by atoms with Gasteiger partial charge in [0.05, 0.1) is 11.2 Å². The summed E-state index contributed by atoms with van der Waals surface area (Å²) < 4.78 is 0. The van der Waals surface area contributed by atoms with Crippen molar-refractivity contribution >= 4 is 11.3 Å². The minimum atomic E-state index is 0.321. The molecule has 0 N–H and O–H groups in total. The molecule has 19 heavy (non-hydrogen) atoms. The SMILES string of the molecule is CCCCCCC(C)(CCCCCC)c1cscn1. The van der Waals surface area contributed by atoms with Gasteiger partial charge in [-0.05, 0) is 12.8 Å². The Morgan fingerprint density at radius 2 is 1.53 bits per heavy atom. The number of unbranched alkanes of at least 4 members (excludes halogenated alkanes) is 6. The Morgan fingerprint density at radius 1 is 0.947 bits per heavy atom. The third kappa shape index (κ3) is 6.07. The Morgan fingerprint density at radius 3 is 1.95 bits per heavy atom. The zero-order valence-corrected chi connectivity index (χ0v) is 13.9. The summed E-state index contributed by atoms with van der Waals surface area (Å²) in [5, 5.41) is 2.26. The van der Waals surface area contributed by atoms with Crippen molar-refractivity contribution < 1.29 is 0 Å². The molecule has 0 aliphatic heterocycles. The summed E-state index contributed by atoms with van der Waals surface area (Å²) in [5.41, 5.74) is 3.65. The molecule has 0 atom stereocenters. The van der Waals surface area contributed by atoms with E-state index in [4.69, 9.17) is 0 Å². The highest BCUT2D eigenvalue weighted by Crippen LogP contribution is 2.35. The molecule has 0 saturated carbocycles. The fourth-order valence-electron chi connectivity index (χ4n) is 2.78. The van der Waals surface area contributed by atoms with Crippen LogP contribution in [-0.2, 0) is 5.41 Å². The highest BCUT2D eigenvalue weighted by atomic mass is 32.1. The van der Waals surface area contributed by atoms with Gasteiger partial charge in [0.1, 0.15) is 0 Å². The molecule has 2 heteroatoms. The van der Waals surface area contributed by atoms with Gasteiger partial charge in [-0.25, -0.2) is 4.98 Å². The summed E-state index contributed by atoms with van der Waals surface area (Å²) in [6.45, 7) is 6.99. The first-order valence-corrected chi connectivity index (χ1v) is 9.06. The van der Waals surface area contributed by atoms with E-state index >= 15 is 0 Å². The molecule has 0 spiro atoms. The van der Waals surface area contributed by atoms with Gasteiger partial charge in [0, 0.05) is 10.8 Å². The fraction of sp³-hybridized carbons (Fsp3) is 0.824. The molecule has 0 aromatic carbocycles. The molecule has 0 aliphatic carbocycles. The van der Waals surface area contributed by atoms with Crippen LogP contribution in [0.25, 0.3) is 0 Å². The van der Waals surface area contributed by atoms with Crippen molar-refractivity contribution in [3.63, 3.8) is 0 Å². The Balaban J connectivity index is 2.47. The maximum atomic E-state index is 4.60. The molecule has 0 radical (unpaired) electrons. The molecule has 110 valence electrons. The molecule has 1 aromatic heterocycles. The molecule has 0 amide bonds. The Labute approximate surface area is 123 Å². The lowest BCUT2D eigenvalue weighted by Crippen LogP contribution is -2.22. The van der Waals surface area contributed by atoms with Crippen LogP contribution in [0.4, 0.5) is 0 Å². The van der Waals surface area contributed by atoms with Crippen LogP contribution in [0.1, 0.15) is 90.7 Å². The maximum Gasteiger partial charge on any atom is 0.0794 e. The predicted molar refractivity (Wildman–Crippen MR) is 87.0 cm³/mol. The van der Waals surface area contributed by atoms with Crippen molar-refractivity contribution in [1.82, 2.24) is 4.98 Å². The van der Waals surface area contributed by atoms with E-state index < -0.39 is 0 Å². The molecule has 1 nitrogen and oxygen atoms in total. The molecule has 1 aromatic rings. The first-order chi connectivity index (χ1) is 9.23. The molecule has 1 rings (SSSR count). The van der Waals surface area contributed by atoms with E-state index in [0.29, 0.717) is 5.41 Å². The molecule has 0 aliphatic rings. The van der Waals surface area contributed by atoms with Crippen LogP contribution < -0.4 is 0 Å². The molecular weight excluding hydrogens is 250 g/mol. The van der Waals surface area contributed by atoms with Crippen LogP contribution in [0.15, 0.2) is 10.9 Å². The second-order valence-corrected chi connectivity index (χ2v) is 6.77. The molecule has 0 unspecified atom stereocenters. The number of hydrogen-bond donors (Lipinski definition) is 0. The molecule has 1 heterocycles. The number of hydrogen-bond acceptors (Lipinski definition) is 2. The summed E-state index contributed by atoms with van der Waals surface area (Å²) in [6, 6.07) is 0. The molecular formula is C17H31NS. The predicted octanol–water partition coefficient (Wildman–Crippen LogP) is 6.34. The second-order valence-electron chi connectivity index (χ2n) is 6.06. The van der Waals surface area contributed by atoms with Crippen molar-refractivity contribution in [1.29, 1.82) is 0 Å². The third-order valence-electron chi connectivity index (χ3n) is 4.21. The number of rotatable bonds is 11. The number of thiazole rings is 1. The smallest absolute Gasteiger partial charge is 0.0794 e. The lowest BCUT2D eigenvalue weighted by Gasteiger charge is -2.28. The minimum absolute atomic E-state index is 0.321. The maximum absolute atomic E-state index is 4.60. The first-order valence-electron chi connectivity index (χ1n) is 8.11. The summed E-state index contributed by atoms with van der Waals surface area (Å²) in [5.74, 6) is 0. The monoisotopic (exact) mass is 281 g/mol. The molecule has 0 bridgehead atoms. The standard InChI is InChI=1S/C17H31NS/c1-4-6-8-10-12-17(3,13-11-9-7-5-2)16-14-19-15-18-16/h14-15H,4-13H2,1-3H3. The van der Waals surface area contributed by atoms with Gasteiger partial charge in [-0.2, -0.15) is 0 Å². The zero-order chi connectivity index (χ0) is 14.0. The fourth-order valence-corrected chi connectivity index (χ4v) is 3.49. The third-order valence-corrected chi connectivity index (χ3v) is 4.80.